The van der Waals surface area contributed by atoms with Gasteiger partial charge in [0, 0.05) is 11.6 Å². The Balaban J connectivity index is 1.61. The van der Waals surface area contributed by atoms with Crippen molar-refractivity contribution in [1.82, 2.24) is 15.5 Å². The van der Waals surface area contributed by atoms with Crippen LogP contribution < -0.4 is 14.8 Å². The molecule has 140 valence electrons. The van der Waals surface area contributed by atoms with Crippen LogP contribution in [0.15, 0.2) is 45.4 Å². The van der Waals surface area contributed by atoms with Crippen LogP contribution in [0.4, 0.5) is 0 Å². The number of carbonyl (C=O) groups is 2. The number of aromatic nitrogens is 2. The van der Waals surface area contributed by atoms with E-state index in [2.05, 4.69) is 15.5 Å². The van der Waals surface area contributed by atoms with E-state index in [1.54, 1.807) is 49.9 Å². The first-order valence-corrected chi connectivity index (χ1v) is 9.53. The van der Waals surface area contributed by atoms with Gasteiger partial charge in [-0.15, -0.1) is 21.5 Å². The lowest BCUT2D eigenvalue weighted by molar-refractivity contribution is -0.117. The van der Waals surface area contributed by atoms with Crippen molar-refractivity contribution in [2.45, 2.75) is 5.22 Å². The van der Waals surface area contributed by atoms with Crippen LogP contribution in [0.5, 0.6) is 11.5 Å². The third kappa shape index (κ3) is 4.86. The topological polar surface area (TPSA) is 104 Å². The summed E-state index contributed by atoms with van der Waals surface area (Å²) >= 11 is 2.30. The van der Waals surface area contributed by atoms with Crippen LogP contribution in [0.2, 0.25) is 0 Å². The molecule has 0 atom stereocenters. The second-order valence-corrected chi connectivity index (χ2v) is 6.99. The SMILES string of the molecule is COc1cc(OC)cc(-c2nnc(SCC(=O)NC(=O)c3cccs3)o2)c1. The van der Waals surface area contributed by atoms with E-state index in [-0.39, 0.29) is 16.9 Å². The number of thioether (sulfide) groups is 1. The van der Waals surface area contributed by atoms with Gasteiger partial charge in [-0.3, -0.25) is 14.9 Å². The average molecular weight is 405 g/mol. The van der Waals surface area contributed by atoms with Gasteiger partial charge in [0.25, 0.3) is 11.1 Å². The molecule has 1 N–H and O–H groups in total. The normalized spacial score (nSPS) is 10.4. The minimum Gasteiger partial charge on any atom is -0.497 e. The number of methoxy groups -OCH3 is 2. The van der Waals surface area contributed by atoms with Crippen molar-refractivity contribution >= 4 is 34.9 Å². The second-order valence-electron chi connectivity index (χ2n) is 5.12. The van der Waals surface area contributed by atoms with Crippen LogP contribution in [0.25, 0.3) is 11.5 Å². The Morgan fingerprint density at radius 2 is 1.93 bits per heavy atom. The zero-order valence-electron chi connectivity index (χ0n) is 14.4. The van der Waals surface area contributed by atoms with E-state index in [1.807, 2.05) is 0 Å². The fraction of sp³-hybridized carbons (Fsp3) is 0.176. The van der Waals surface area contributed by atoms with E-state index in [4.69, 9.17) is 13.9 Å². The van der Waals surface area contributed by atoms with Crippen molar-refractivity contribution in [2.24, 2.45) is 0 Å². The summed E-state index contributed by atoms with van der Waals surface area (Å²) < 4.78 is 16.0. The zero-order valence-corrected chi connectivity index (χ0v) is 16.1. The molecule has 0 saturated heterocycles. The number of imide groups is 1. The Morgan fingerprint density at radius 3 is 2.56 bits per heavy atom. The molecule has 3 aromatic rings. The van der Waals surface area contributed by atoms with Crippen LogP contribution in [0.3, 0.4) is 0 Å². The van der Waals surface area contributed by atoms with Crippen LogP contribution in [0, 0.1) is 0 Å². The van der Waals surface area contributed by atoms with Gasteiger partial charge >= 0.3 is 0 Å². The first-order chi connectivity index (χ1) is 13.1. The molecule has 0 aliphatic heterocycles. The predicted molar refractivity (Wildman–Crippen MR) is 100 cm³/mol. The molecule has 2 aromatic heterocycles. The number of carbonyl (C=O) groups excluding carboxylic acids is 2. The number of amides is 2. The molecule has 1 aromatic carbocycles. The molecule has 2 amide bonds. The van der Waals surface area contributed by atoms with Crippen molar-refractivity contribution in [3.05, 3.63) is 40.6 Å². The molecule has 0 saturated carbocycles. The standard InChI is InChI=1S/C17H15N3O5S2/c1-23-11-6-10(7-12(8-11)24-2)16-19-20-17(25-16)27-9-14(21)18-15(22)13-4-3-5-26-13/h3-8H,9H2,1-2H3,(H,18,21,22). The lowest BCUT2D eigenvalue weighted by Crippen LogP contribution is -2.31. The van der Waals surface area contributed by atoms with Gasteiger partial charge in [-0.05, 0) is 23.6 Å². The molecule has 0 bridgehead atoms. The largest absolute Gasteiger partial charge is 0.497 e. The van der Waals surface area contributed by atoms with Gasteiger partial charge in [0.2, 0.25) is 11.8 Å². The molecule has 3 rings (SSSR count). The molecule has 0 radical (unpaired) electrons. The molecule has 0 aliphatic rings. The predicted octanol–water partition coefficient (Wildman–Crippen LogP) is 2.86. The molecule has 27 heavy (non-hydrogen) atoms. The third-order valence-electron chi connectivity index (χ3n) is 3.33. The van der Waals surface area contributed by atoms with E-state index in [0.717, 1.165) is 11.8 Å². The molecule has 8 nitrogen and oxygen atoms in total. The number of nitrogens with zero attached hydrogens (tertiary/aromatic N) is 2. The first kappa shape index (κ1) is 18.9. The highest BCUT2D eigenvalue weighted by molar-refractivity contribution is 7.99. The number of rotatable bonds is 7. The average Bonchev–Trinajstić information content (AvgIpc) is 3.37. The Morgan fingerprint density at radius 1 is 1.19 bits per heavy atom. The second kappa shape index (κ2) is 8.69. The van der Waals surface area contributed by atoms with Crippen LogP contribution in [-0.4, -0.2) is 42.0 Å². The molecule has 0 unspecified atom stereocenters. The zero-order chi connectivity index (χ0) is 19.2. The van der Waals surface area contributed by atoms with Crippen molar-refractivity contribution in [3.63, 3.8) is 0 Å². The molecule has 0 spiro atoms. The van der Waals surface area contributed by atoms with Gasteiger partial charge < -0.3 is 13.9 Å². The highest BCUT2D eigenvalue weighted by atomic mass is 32.2. The minimum atomic E-state index is -0.443. The van der Waals surface area contributed by atoms with Gasteiger partial charge in [-0.2, -0.15) is 0 Å². The molecule has 0 aliphatic carbocycles. The Hall–Kier alpha value is -2.85. The minimum absolute atomic E-state index is 0.0276. The summed E-state index contributed by atoms with van der Waals surface area (Å²) in [5.74, 6) is 0.544. The fourth-order valence-corrected chi connectivity index (χ4v) is 3.26. The highest BCUT2D eigenvalue weighted by Gasteiger charge is 2.15. The number of thiophene rings is 1. The maximum absolute atomic E-state index is 11.9. The van der Waals surface area contributed by atoms with Gasteiger partial charge in [0.1, 0.15) is 11.5 Å². The van der Waals surface area contributed by atoms with Crippen molar-refractivity contribution in [2.75, 3.05) is 20.0 Å². The highest BCUT2D eigenvalue weighted by Crippen LogP contribution is 2.30. The van der Waals surface area contributed by atoms with E-state index in [1.165, 1.54) is 11.3 Å². The fourth-order valence-electron chi connectivity index (χ4n) is 2.08. The van der Waals surface area contributed by atoms with Gasteiger partial charge in [0.05, 0.1) is 24.8 Å². The van der Waals surface area contributed by atoms with E-state index >= 15 is 0 Å². The van der Waals surface area contributed by atoms with E-state index < -0.39 is 11.8 Å². The number of benzene rings is 1. The quantitative estimate of drug-likeness (QED) is 0.599. The molecular weight excluding hydrogens is 390 g/mol. The number of hydrogen-bond acceptors (Lipinski definition) is 9. The maximum Gasteiger partial charge on any atom is 0.277 e. The monoisotopic (exact) mass is 405 g/mol. The van der Waals surface area contributed by atoms with Crippen molar-refractivity contribution in [3.8, 4) is 23.0 Å². The summed E-state index contributed by atoms with van der Waals surface area (Å²) in [6.45, 7) is 0. The van der Waals surface area contributed by atoms with Crippen molar-refractivity contribution < 1.29 is 23.5 Å². The lowest BCUT2D eigenvalue weighted by Gasteiger charge is -2.05. The van der Waals surface area contributed by atoms with Crippen LogP contribution in [0.1, 0.15) is 9.67 Å². The van der Waals surface area contributed by atoms with Crippen molar-refractivity contribution in [1.29, 1.82) is 0 Å². The smallest absolute Gasteiger partial charge is 0.277 e. The Kier molecular flexibility index (Phi) is 6.09. The van der Waals surface area contributed by atoms with Gasteiger partial charge in [-0.1, -0.05) is 17.8 Å². The summed E-state index contributed by atoms with van der Waals surface area (Å²) in [5.41, 5.74) is 0.628. The summed E-state index contributed by atoms with van der Waals surface area (Å²) in [7, 11) is 3.09. The van der Waals surface area contributed by atoms with E-state index in [0.29, 0.717) is 21.9 Å². The molecule has 10 heteroatoms. The Labute approximate surface area is 162 Å². The van der Waals surface area contributed by atoms with Crippen LogP contribution >= 0.6 is 23.1 Å². The number of ether oxygens (including phenoxy) is 2. The summed E-state index contributed by atoms with van der Waals surface area (Å²) in [6, 6.07) is 8.58. The third-order valence-corrected chi connectivity index (χ3v) is 5.02. The number of hydrogen-bond donors (Lipinski definition) is 1. The lowest BCUT2D eigenvalue weighted by atomic mass is 10.2. The summed E-state index contributed by atoms with van der Waals surface area (Å²) in [5, 5.41) is 12.2. The van der Waals surface area contributed by atoms with Gasteiger partial charge in [0.15, 0.2) is 0 Å². The van der Waals surface area contributed by atoms with E-state index in [9.17, 15) is 9.59 Å². The first-order valence-electron chi connectivity index (χ1n) is 7.66. The molecule has 0 fully saturated rings. The van der Waals surface area contributed by atoms with Crippen LogP contribution in [-0.2, 0) is 4.79 Å². The molecular formula is C17H15N3O5S2. The number of nitrogens with one attached hydrogen (secondary N) is 1. The Bertz CT molecular complexity index is 918. The maximum atomic E-state index is 11.9. The summed E-state index contributed by atoms with van der Waals surface area (Å²) in [4.78, 5) is 24.2. The molecule has 2 heterocycles. The van der Waals surface area contributed by atoms with Gasteiger partial charge in [-0.25, -0.2) is 0 Å². The summed E-state index contributed by atoms with van der Waals surface area (Å²) in [6.07, 6.45) is 0.